The summed E-state index contributed by atoms with van der Waals surface area (Å²) in [5.41, 5.74) is 0.953. The van der Waals surface area contributed by atoms with Crippen LogP contribution in [0, 0.1) is 5.92 Å². The van der Waals surface area contributed by atoms with Crippen molar-refractivity contribution in [1.82, 2.24) is 10.2 Å². The third kappa shape index (κ3) is 3.99. The first-order chi connectivity index (χ1) is 13.8. The summed E-state index contributed by atoms with van der Waals surface area (Å²) in [4.78, 5) is 50.3. The summed E-state index contributed by atoms with van der Waals surface area (Å²) < 4.78 is 0. The number of carboxylic acids is 1. The lowest BCUT2D eigenvalue weighted by Crippen LogP contribution is -2.45. The summed E-state index contributed by atoms with van der Waals surface area (Å²) in [6, 6.07) is 9.73. The van der Waals surface area contributed by atoms with Gasteiger partial charge in [0.15, 0.2) is 0 Å². The number of aliphatic carboxylic acids is 1. The van der Waals surface area contributed by atoms with E-state index < -0.39 is 17.9 Å². The average Bonchev–Trinajstić information content (AvgIpc) is 2.71. The highest BCUT2D eigenvalue weighted by atomic mass is 16.4. The minimum absolute atomic E-state index is 0.0309. The zero-order valence-corrected chi connectivity index (χ0v) is 16.5. The van der Waals surface area contributed by atoms with Crippen LogP contribution in [-0.4, -0.2) is 46.3 Å². The van der Waals surface area contributed by atoms with Gasteiger partial charge in [-0.15, -0.1) is 0 Å². The van der Waals surface area contributed by atoms with E-state index in [1.807, 2.05) is 19.1 Å². The number of benzene rings is 2. The molecule has 7 nitrogen and oxygen atoms in total. The smallest absolute Gasteiger partial charge is 0.326 e. The van der Waals surface area contributed by atoms with Gasteiger partial charge in [-0.3, -0.25) is 19.3 Å². The van der Waals surface area contributed by atoms with Gasteiger partial charge >= 0.3 is 5.97 Å². The largest absolute Gasteiger partial charge is 0.480 e. The number of imide groups is 1. The molecule has 0 spiro atoms. The third-order valence-electron chi connectivity index (χ3n) is 5.44. The maximum Gasteiger partial charge on any atom is 0.326 e. The summed E-state index contributed by atoms with van der Waals surface area (Å²) in [5, 5.41) is 13.3. The molecule has 29 heavy (non-hydrogen) atoms. The zero-order valence-electron chi connectivity index (χ0n) is 16.5. The molecule has 7 heteroatoms. The van der Waals surface area contributed by atoms with E-state index in [9.17, 15) is 24.3 Å². The second kappa shape index (κ2) is 8.43. The molecule has 2 aromatic carbocycles. The Labute approximate surface area is 168 Å². The molecule has 0 aliphatic carbocycles. The van der Waals surface area contributed by atoms with Crippen molar-refractivity contribution in [3.05, 3.63) is 47.5 Å². The summed E-state index contributed by atoms with van der Waals surface area (Å²) in [6.45, 7) is 3.72. The van der Waals surface area contributed by atoms with E-state index in [4.69, 9.17) is 0 Å². The van der Waals surface area contributed by atoms with E-state index in [0.29, 0.717) is 22.9 Å². The van der Waals surface area contributed by atoms with Crippen molar-refractivity contribution in [2.24, 2.45) is 5.92 Å². The molecule has 1 heterocycles. The van der Waals surface area contributed by atoms with Crippen LogP contribution in [0.25, 0.3) is 10.8 Å². The summed E-state index contributed by atoms with van der Waals surface area (Å²) in [7, 11) is 0. The summed E-state index contributed by atoms with van der Waals surface area (Å²) >= 11 is 0. The molecule has 0 saturated carbocycles. The molecular weight excluding hydrogens is 372 g/mol. The molecule has 1 aliphatic rings. The first kappa shape index (κ1) is 20.5. The highest BCUT2D eigenvalue weighted by Crippen LogP contribution is 2.30. The number of nitrogens with zero attached hydrogens (tertiary/aromatic N) is 1. The predicted octanol–water partition coefficient (Wildman–Crippen LogP) is 2.83. The molecule has 2 N–H and O–H groups in total. The number of carbonyl (C=O) groups is 4. The first-order valence-corrected chi connectivity index (χ1v) is 9.75. The minimum atomic E-state index is -1.07. The van der Waals surface area contributed by atoms with Gasteiger partial charge in [0.05, 0.1) is 0 Å². The van der Waals surface area contributed by atoms with Crippen molar-refractivity contribution in [3.63, 3.8) is 0 Å². The number of hydrogen-bond acceptors (Lipinski definition) is 4. The second-order valence-corrected chi connectivity index (χ2v) is 7.34. The minimum Gasteiger partial charge on any atom is -0.480 e. The van der Waals surface area contributed by atoms with Crippen molar-refractivity contribution in [2.45, 2.75) is 39.2 Å². The maximum atomic E-state index is 12.8. The van der Waals surface area contributed by atoms with Gasteiger partial charge in [0.25, 0.3) is 11.8 Å². The molecule has 2 atom stereocenters. The topological polar surface area (TPSA) is 104 Å². The van der Waals surface area contributed by atoms with Crippen molar-refractivity contribution >= 4 is 34.5 Å². The van der Waals surface area contributed by atoms with Gasteiger partial charge in [-0.05, 0) is 29.9 Å². The SMILES string of the molecule is CC[C@H](C)[C@H](NC(=O)CCCN1C(=O)c2cccc3cccc(c23)C1=O)C(=O)O. The normalized spacial score (nSPS) is 15.3. The lowest BCUT2D eigenvalue weighted by molar-refractivity contribution is -0.143. The molecule has 0 fully saturated rings. The van der Waals surface area contributed by atoms with Crippen LogP contribution in [0.5, 0.6) is 0 Å². The van der Waals surface area contributed by atoms with Crippen molar-refractivity contribution in [2.75, 3.05) is 6.54 Å². The van der Waals surface area contributed by atoms with Gasteiger partial charge in [0.2, 0.25) is 5.91 Å². The molecule has 0 bridgehead atoms. The number of nitrogens with one attached hydrogen (secondary N) is 1. The fourth-order valence-electron chi connectivity index (χ4n) is 3.61. The number of amides is 3. The van der Waals surface area contributed by atoms with Crippen LogP contribution < -0.4 is 5.32 Å². The Kier molecular flexibility index (Phi) is 5.96. The van der Waals surface area contributed by atoms with E-state index in [1.54, 1.807) is 31.2 Å². The Balaban J connectivity index is 1.66. The Morgan fingerprint density at radius 1 is 1.07 bits per heavy atom. The monoisotopic (exact) mass is 396 g/mol. The van der Waals surface area contributed by atoms with E-state index >= 15 is 0 Å². The van der Waals surface area contributed by atoms with Crippen LogP contribution in [0.2, 0.25) is 0 Å². The average molecular weight is 396 g/mol. The molecular formula is C22H24N2O5. The highest BCUT2D eigenvalue weighted by molar-refractivity contribution is 6.25. The quantitative estimate of drug-likeness (QED) is 0.668. The number of hydrogen-bond donors (Lipinski definition) is 2. The predicted molar refractivity (Wildman–Crippen MR) is 108 cm³/mol. The van der Waals surface area contributed by atoms with Crippen molar-refractivity contribution in [3.8, 4) is 0 Å². The van der Waals surface area contributed by atoms with E-state index in [1.165, 1.54) is 0 Å². The van der Waals surface area contributed by atoms with Crippen LogP contribution in [0.3, 0.4) is 0 Å². The maximum absolute atomic E-state index is 12.8. The molecule has 0 aromatic heterocycles. The first-order valence-electron chi connectivity index (χ1n) is 9.75. The molecule has 0 unspecified atom stereocenters. The Hall–Kier alpha value is -3.22. The van der Waals surface area contributed by atoms with Gasteiger partial charge in [-0.2, -0.15) is 0 Å². The van der Waals surface area contributed by atoms with Gasteiger partial charge in [-0.1, -0.05) is 44.5 Å². The van der Waals surface area contributed by atoms with Crippen LogP contribution in [0.4, 0.5) is 0 Å². The fraction of sp³-hybridized carbons (Fsp3) is 0.364. The summed E-state index contributed by atoms with van der Waals surface area (Å²) in [5.74, 6) is -2.42. The van der Waals surface area contributed by atoms with Crippen LogP contribution in [0.15, 0.2) is 36.4 Å². The molecule has 2 aromatic rings. The van der Waals surface area contributed by atoms with Crippen LogP contribution >= 0.6 is 0 Å². The van der Waals surface area contributed by atoms with E-state index in [2.05, 4.69) is 5.32 Å². The van der Waals surface area contributed by atoms with E-state index in [-0.39, 0.29) is 37.1 Å². The molecule has 3 rings (SSSR count). The Morgan fingerprint density at radius 2 is 1.66 bits per heavy atom. The highest BCUT2D eigenvalue weighted by Gasteiger charge is 2.32. The van der Waals surface area contributed by atoms with Crippen LogP contribution in [0.1, 0.15) is 53.8 Å². The van der Waals surface area contributed by atoms with Crippen molar-refractivity contribution in [1.29, 1.82) is 0 Å². The number of carbonyl (C=O) groups excluding carboxylic acids is 3. The fourth-order valence-corrected chi connectivity index (χ4v) is 3.61. The van der Waals surface area contributed by atoms with Gasteiger partial charge in [-0.25, -0.2) is 4.79 Å². The molecule has 152 valence electrons. The Bertz CT molecular complexity index is 934. The molecule has 3 amide bonds. The summed E-state index contributed by atoms with van der Waals surface area (Å²) in [6.07, 6.45) is 0.913. The standard InChI is InChI=1S/C22H24N2O5/c1-3-13(2)19(22(28)29)23-17(25)11-6-12-24-20(26)15-9-4-7-14-8-5-10-16(18(14)15)21(24)27/h4-5,7-10,13,19H,3,6,11-12H2,1-2H3,(H,23,25)(H,28,29)/t13-,19-/m0/s1. The Morgan fingerprint density at radius 3 is 2.17 bits per heavy atom. The zero-order chi connectivity index (χ0) is 21.1. The second-order valence-electron chi connectivity index (χ2n) is 7.34. The lowest BCUT2D eigenvalue weighted by Gasteiger charge is -2.27. The number of carboxylic acid groups (broad SMARTS) is 1. The third-order valence-corrected chi connectivity index (χ3v) is 5.44. The molecule has 1 aliphatic heterocycles. The van der Waals surface area contributed by atoms with E-state index in [0.717, 1.165) is 10.3 Å². The van der Waals surface area contributed by atoms with Gasteiger partial charge in [0.1, 0.15) is 6.04 Å². The molecule has 0 radical (unpaired) electrons. The van der Waals surface area contributed by atoms with Gasteiger partial charge in [0, 0.05) is 29.5 Å². The lowest BCUT2D eigenvalue weighted by atomic mass is 9.94. The number of rotatable bonds is 8. The van der Waals surface area contributed by atoms with Crippen LogP contribution in [-0.2, 0) is 9.59 Å². The molecule has 0 saturated heterocycles. The van der Waals surface area contributed by atoms with Crippen molar-refractivity contribution < 1.29 is 24.3 Å². The van der Waals surface area contributed by atoms with Gasteiger partial charge < -0.3 is 10.4 Å².